The Hall–Kier alpha value is -3.80. The molecule has 0 spiro atoms. The summed E-state index contributed by atoms with van der Waals surface area (Å²) in [5, 5.41) is 0. The van der Waals surface area contributed by atoms with Crippen LogP contribution in [0.2, 0.25) is 0 Å². The molecule has 0 atom stereocenters. The van der Waals surface area contributed by atoms with E-state index >= 15 is 0 Å². The van der Waals surface area contributed by atoms with Gasteiger partial charge in [0.25, 0.3) is 0 Å². The molecule has 190 valence electrons. The number of esters is 2. The molecule has 0 saturated heterocycles. The van der Waals surface area contributed by atoms with E-state index in [2.05, 4.69) is 0 Å². The summed E-state index contributed by atoms with van der Waals surface area (Å²) in [6.45, 7) is 2.06. The fraction of sp³-hybridized carbons (Fsp3) is 0.333. The summed E-state index contributed by atoms with van der Waals surface area (Å²) in [6.07, 6.45) is 5.25. The molecule has 3 aromatic rings. The minimum Gasteiger partial charge on any atom is -0.494 e. The van der Waals surface area contributed by atoms with Crippen molar-refractivity contribution in [3.63, 3.8) is 0 Å². The second-order valence-electron chi connectivity index (χ2n) is 8.29. The number of hydrogen-bond donors (Lipinski definition) is 0. The molecule has 6 heteroatoms. The first-order valence-corrected chi connectivity index (χ1v) is 12.5. The lowest BCUT2D eigenvalue weighted by Gasteiger charge is -2.09. The summed E-state index contributed by atoms with van der Waals surface area (Å²) < 4.78 is 22.1. The van der Waals surface area contributed by atoms with E-state index < -0.39 is 0 Å². The molecule has 0 radical (unpaired) electrons. The van der Waals surface area contributed by atoms with Crippen molar-refractivity contribution >= 4 is 11.9 Å². The van der Waals surface area contributed by atoms with Gasteiger partial charge in [0.2, 0.25) is 0 Å². The van der Waals surface area contributed by atoms with Gasteiger partial charge < -0.3 is 18.9 Å². The number of carbonyl (C=O) groups excluding carboxylic acids is 2. The largest absolute Gasteiger partial charge is 0.494 e. The normalized spacial score (nSPS) is 10.4. The minimum atomic E-state index is -0.279. The average Bonchev–Trinajstić information content (AvgIpc) is 2.93. The van der Waals surface area contributed by atoms with Gasteiger partial charge in [0.1, 0.15) is 11.5 Å². The fourth-order valence-corrected chi connectivity index (χ4v) is 3.42. The maximum atomic E-state index is 11.9. The molecule has 0 saturated carbocycles. The monoisotopic (exact) mass is 490 g/mol. The lowest BCUT2D eigenvalue weighted by atomic mass is 10.2. The summed E-state index contributed by atoms with van der Waals surface area (Å²) in [6, 6.07) is 25.7. The third-order valence-corrected chi connectivity index (χ3v) is 5.42. The second kappa shape index (κ2) is 16.0. The molecular formula is C30H34O6. The topological polar surface area (TPSA) is 71.1 Å². The first kappa shape index (κ1) is 26.8. The highest BCUT2D eigenvalue weighted by Gasteiger charge is 2.06. The highest BCUT2D eigenvalue weighted by Crippen LogP contribution is 2.18. The third-order valence-electron chi connectivity index (χ3n) is 5.42. The number of benzene rings is 3. The number of unbranched alkanes of at least 4 members (excludes halogenated alkanes) is 4. The van der Waals surface area contributed by atoms with Crippen LogP contribution in [0.15, 0.2) is 84.9 Å². The molecule has 0 aliphatic rings. The Kier molecular flexibility index (Phi) is 11.9. The van der Waals surface area contributed by atoms with Crippen LogP contribution in [0.4, 0.5) is 0 Å². The minimum absolute atomic E-state index is 0.279. The fourth-order valence-electron chi connectivity index (χ4n) is 3.42. The van der Waals surface area contributed by atoms with Gasteiger partial charge in [-0.15, -0.1) is 0 Å². The number of carbonyl (C=O) groups is 2. The summed E-state index contributed by atoms with van der Waals surface area (Å²) in [7, 11) is 0. The lowest BCUT2D eigenvalue weighted by molar-refractivity contribution is 0.0487. The lowest BCUT2D eigenvalue weighted by Crippen LogP contribution is -2.06. The molecule has 0 N–H and O–H groups in total. The summed E-state index contributed by atoms with van der Waals surface area (Å²) in [5.74, 6) is 1.05. The molecule has 0 aliphatic carbocycles. The van der Waals surface area contributed by atoms with Crippen molar-refractivity contribution < 1.29 is 28.5 Å². The van der Waals surface area contributed by atoms with Crippen LogP contribution >= 0.6 is 0 Å². The highest BCUT2D eigenvalue weighted by atomic mass is 16.5. The van der Waals surface area contributed by atoms with Gasteiger partial charge in [-0.2, -0.15) is 0 Å². The van der Waals surface area contributed by atoms with Gasteiger partial charge in [0, 0.05) is 0 Å². The van der Waals surface area contributed by atoms with Crippen LogP contribution in [0, 0.1) is 0 Å². The maximum Gasteiger partial charge on any atom is 0.338 e. The molecular weight excluding hydrogens is 456 g/mol. The van der Waals surface area contributed by atoms with Crippen molar-refractivity contribution in [3.8, 4) is 11.5 Å². The Morgan fingerprint density at radius 1 is 0.444 bits per heavy atom. The molecule has 0 unspecified atom stereocenters. The van der Waals surface area contributed by atoms with E-state index in [1.54, 1.807) is 24.3 Å². The van der Waals surface area contributed by atoms with Crippen LogP contribution < -0.4 is 9.47 Å². The van der Waals surface area contributed by atoms with Crippen molar-refractivity contribution in [2.75, 3.05) is 26.4 Å². The first-order chi connectivity index (χ1) is 17.7. The van der Waals surface area contributed by atoms with Crippen molar-refractivity contribution in [3.05, 3.63) is 96.1 Å². The van der Waals surface area contributed by atoms with E-state index in [0.29, 0.717) is 37.6 Å². The summed E-state index contributed by atoms with van der Waals surface area (Å²) in [5.41, 5.74) is 1.16. The van der Waals surface area contributed by atoms with E-state index in [1.165, 1.54) is 0 Å². The zero-order valence-electron chi connectivity index (χ0n) is 20.6. The SMILES string of the molecule is O=C(OCCCCCOc1ccc(OCCCCCOC(=O)c2ccccc2)cc1)c1ccccc1. The number of ether oxygens (including phenoxy) is 4. The molecule has 0 fully saturated rings. The standard InChI is InChI=1S/C30H34O6/c31-29(25-13-5-1-6-14-25)35-23-11-3-9-21-33-27-17-19-28(20-18-27)34-22-10-4-12-24-36-30(32)26-15-7-2-8-16-26/h1-2,5-8,13-20H,3-4,9-12,21-24H2. The van der Waals surface area contributed by atoms with Crippen LogP contribution in [0.5, 0.6) is 11.5 Å². The summed E-state index contributed by atoms with van der Waals surface area (Å²) in [4.78, 5) is 23.7. The van der Waals surface area contributed by atoms with Crippen molar-refractivity contribution in [1.29, 1.82) is 0 Å². The average molecular weight is 491 g/mol. The molecule has 0 amide bonds. The molecule has 3 rings (SSSR count). The van der Waals surface area contributed by atoms with E-state index in [-0.39, 0.29) is 11.9 Å². The molecule has 0 heterocycles. The zero-order valence-corrected chi connectivity index (χ0v) is 20.6. The Balaban J connectivity index is 1.16. The van der Waals surface area contributed by atoms with E-state index in [0.717, 1.165) is 50.0 Å². The van der Waals surface area contributed by atoms with Gasteiger partial charge in [-0.05, 0) is 87.1 Å². The highest BCUT2D eigenvalue weighted by molar-refractivity contribution is 5.89. The Morgan fingerprint density at radius 2 is 0.806 bits per heavy atom. The molecule has 0 bridgehead atoms. The van der Waals surface area contributed by atoms with Crippen molar-refractivity contribution in [1.82, 2.24) is 0 Å². The number of hydrogen-bond acceptors (Lipinski definition) is 6. The Morgan fingerprint density at radius 3 is 1.19 bits per heavy atom. The first-order valence-electron chi connectivity index (χ1n) is 12.5. The van der Waals surface area contributed by atoms with Crippen molar-refractivity contribution in [2.24, 2.45) is 0 Å². The third kappa shape index (κ3) is 10.2. The van der Waals surface area contributed by atoms with Crippen LogP contribution in [0.3, 0.4) is 0 Å². The second-order valence-corrected chi connectivity index (χ2v) is 8.29. The van der Waals surface area contributed by atoms with Crippen LogP contribution in [0.1, 0.15) is 59.2 Å². The van der Waals surface area contributed by atoms with Gasteiger partial charge >= 0.3 is 11.9 Å². The van der Waals surface area contributed by atoms with Gasteiger partial charge in [0.15, 0.2) is 0 Å². The van der Waals surface area contributed by atoms with Gasteiger partial charge in [-0.3, -0.25) is 0 Å². The van der Waals surface area contributed by atoms with Gasteiger partial charge in [-0.1, -0.05) is 36.4 Å². The Bertz CT molecular complexity index is 934. The van der Waals surface area contributed by atoms with E-state index in [9.17, 15) is 9.59 Å². The summed E-state index contributed by atoms with van der Waals surface area (Å²) >= 11 is 0. The predicted molar refractivity (Wildman–Crippen MR) is 139 cm³/mol. The van der Waals surface area contributed by atoms with Crippen molar-refractivity contribution in [2.45, 2.75) is 38.5 Å². The Labute approximate surface area is 213 Å². The smallest absolute Gasteiger partial charge is 0.338 e. The van der Waals surface area contributed by atoms with Crippen LogP contribution in [-0.2, 0) is 9.47 Å². The zero-order chi connectivity index (χ0) is 25.3. The number of rotatable bonds is 16. The molecule has 0 aliphatic heterocycles. The van der Waals surface area contributed by atoms with Gasteiger partial charge in [0.05, 0.1) is 37.6 Å². The maximum absolute atomic E-state index is 11.9. The predicted octanol–water partition coefficient (Wildman–Crippen LogP) is 6.50. The van der Waals surface area contributed by atoms with E-state index in [4.69, 9.17) is 18.9 Å². The van der Waals surface area contributed by atoms with Crippen LogP contribution in [-0.4, -0.2) is 38.4 Å². The van der Waals surface area contributed by atoms with Gasteiger partial charge in [-0.25, -0.2) is 9.59 Å². The molecule has 0 aromatic heterocycles. The molecule has 3 aromatic carbocycles. The van der Waals surface area contributed by atoms with E-state index in [1.807, 2.05) is 60.7 Å². The molecule has 36 heavy (non-hydrogen) atoms. The quantitative estimate of drug-likeness (QED) is 0.169. The molecule has 6 nitrogen and oxygen atoms in total. The van der Waals surface area contributed by atoms with Crippen LogP contribution in [0.25, 0.3) is 0 Å².